The molecule has 150 valence electrons. The van der Waals surface area contributed by atoms with Gasteiger partial charge in [0.2, 0.25) is 12.0 Å². The van der Waals surface area contributed by atoms with Gasteiger partial charge in [0.15, 0.2) is 11.5 Å². The summed E-state index contributed by atoms with van der Waals surface area (Å²) in [5.41, 5.74) is -0.409. The van der Waals surface area contributed by atoms with E-state index in [1.165, 1.54) is 11.2 Å². The second kappa shape index (κ2) is 7.96. The summed E-state index contributed by atoms with van der Waals surface area (Å²) in [5.74, 6) is 1.12. The van der Waals surface area contributed by atoms with Crippen LogP contribution in [0.4, 0.5) is 0 Å². The summed E-state index contributed by atoms with van der Waals surface area (Å²) in [6, 6.07) is 9.99. The van der Waals surface area contributed by atoms with E-state index in [-0.39, 0.29) is 25.0 Å². The molecular weight excluding hydrogens is 360 g/mol. The molecule has 2 unspecified atom stereocenters. The molecule has 1 N–H and O–H groups in total. The van der Waals surface area contributed by atoms with Crippen molar-refractivity contribution < 1.29 is 23.5 Å². The third-order valence-corrected chi connectivity index (χ3v) is 4.32. The van der Waals surface area contributed by atoms with Crippen molar-refractivity contribution in [3.8, 4) is 11.5 Å². The minimum atomic E-state index is -0.838. The van der Waals surface area contributed by atoms with Crippen molar-refractivity contribution in [3.63, 3.8) is 0 Å². The van der Waals surface area contributed by atoms with E-state index in [4.69, 9.17) is 13.9 Å². The lowest BCUT2D eigenvalue weighted by atomic mass is 10.1. The van der Waals surface area contributed by atoms with Crippen LogP contribution < -0.4 is 14.8 Å². The van der Waals surface area contributed by atoms with Gasteiger partial charge < -0.3 is 24.1 Å². The maximum Gasteiger partial charge on any atom is 0.268 e. The molecule has 1 aromatic heterocycles. The number of furan rings is 1. The molecule has 1 aromatic carbocycles. The topological polar surface area (TPSA) is 81.0 Å². The highest BCUT2D eigenvalue weighted by Crippen LogP contribution is 2.31. The summed E-state index contributed by atoms with van der Waals surface area (Å²) in [6.07, 6.45) is 0.698. The van der Waals surface area contributed by atoms with Crippen LogP contribution in [0.15, 0.2) is 47.1 Å². The van der Waals surface area contributed by atoms with Crippen LogP contribution in [0.3, 0.4) is 0 Å². The molecule has 0 radical (unpaired) electrons. The number of nitrogens with zero attached hydrogens (tertiary/aromatic N) is 1. The van der Waals surface area contributed by atoms with Gasteiger partial charge in [0.1, 0.15) is 18.4 Å². The van der Waals surface area contributed by atoms with E-state index in [0.29, 0.717) is 17.3 Å². The molecule has 0 saturated heterocycles. The number of para-hydroxylation sites is 2. The molecule has 1 aliphatic heterocycles. The summed E-state index contributed by atoms with van der Waals surface area (Å²) < 4.78 is 16.9. The first-order valence-corrected chi connectivity index (χ1v) is 9.28. The van der Waals surface area contributed by atoms with E-state index in [0.717, 1.165) is 0 Å². The van der Waals surface area contributed by atoms with Gasteiger partial charge in [-0.15, -0.1) is 0 Å². The first-order valence-electron chi connectivity index (χ1n) is 9.28. The number of carbonyl (C=O) groups excluding carboxylic acids is 2. The largest absolute Gasteiger partial charge is 0.485 e. The fraction of sp³-hybridized carbons (Fsp3) is 0.429. The molecular formula is C21H26N2O5. The second-order valence-electron chi connectivity index (χ2n) is 7.82. The van der Waals surface area contributed by atoms with E-state index < -0.39 is 17.7 Å². The molecule has 0 fully saturated rings. The SMILES string of the molecule is CC(C(=O)NC(C)(C)C)N(Cc1ccco1)C(=O)C1COc2ccccc2O1. The lowest BCUT2D eigenvalue weighted by Crippen LogP contribution is -2.55. The molecule has 2 amide bonds. The minimum Gasteiger partial charge on any atom is -0.485 e. The van der Waals surface area contributed by atoms with E-state index in [1.807, 2.05) is 32.9 Å². The standard InChI is InChI=1S/C21H26N2O5/c1-14(19(24)22-21(2,3)4)23(12-15-8-7-11-26-15)20(25)18-13-27-16-9-5-6-10-17(16)28-18/h5-11,14,18H,12-13H2,1-4H3,(H,22,24). The van der Waals surface area contributed by atoms with Crippen LogP contribution in [0.1, 0.15) is 33.5 Å². The van der Waals surface area contributed by atoms with E-state index >= 15 is 0 Å². The number of amides is 2. The third-order valence-electron chi connectivity index (χ3n) is 4.32. The van der Waals surface area contributed by atoms with Gasteiger partial charge in [-0.2, -0.15) is 0 Å². The Balaban J connectivity index is 1.80. The maximum absolute atomic E-state index is 13.2. The Labute approximate surface area is 164 Å². The molecule has 3 rings (SSSR count). The first kappa shape index (κ1) is 19.8. The monoisotopic (exact) mass is 386 g/mol. The summed E-state index contributed by atoms with van der Waals surface area (Å²) in [6.45, 7) is 7.62. The molecule has 7 heteroatoms. The molecule has 0 aliphatic carbocycles. The molecule has 2 aromatic rings. The van der Waals surface area contributed by atoms with Crippen LogP contribution in [-0.2, 0) is 16.1 Å². The highest BCUT2D eigenvalue weighted by atomic mass is 16.6. The van der Waals surface area contributed by atoms with Crippen molar-refractivity contribution in [3.05, 3.63) is 48.4 Å². The molecule has 1 aliphatic rings. The average molecular weight is 386 g/mol. The van der Waals surface area contributed by atoms with Gasteiger partial charge in [0, 0.05) is 5.54 Å². The molecule has 2 atom stereocenters. The normalized spacial score (nSPS) is 16.9. The number of fused-ring (bicyclic) bond motifs is 1. The predicted molar refractivity (Wildman–Crippen MR) is 103 cm³/mol. The van der Waals surface area contributed by atoms with Crippen LogP contribution in [0, 0.1) is 0 Å². The van der Waals surface area contributed by atoms with Gasteiger partial charge >= 0.3 is 0 Å². The van der Waals surface area contributed by atoms with Crippen LogP contribution in [0.25, 0.3) is 0 Å². The zero-order valence-corrected chi connectivity index (χ0v) is 16.6. The maximum atomic E-state index is 13.2. The van der Waals surface area contributed by atoms with E-state index in [9.17, 15) is 9.59 Å². The Kier molecular flexibility index (Phi) is 5.63. The smallest absolute Gasteiger partial charge is 0.268 e. The molecule has 0 spiro atoms. The molecule has 2 heterocycles. The van der Waals surface area contributed by atoms with Gasteiger partial charge in [0.05, 0.1) is 12.8 Å². The lowest BCUT2D eigenvalue weighted by molar-refractivity contribution is -0.149. The number of carbonyl (C=O) groups is 2. The van der Waals surface area contributed by atoms with Crippen LogP contribution in [-0.4, -0.2) is 41.0 Å². The number of hydrogen-bond donors (Lipinski definition) is 1. The number of rotatable bonds is 5. The van der Waals surface area contributed by atoms with Gasteiger partial charge in [-0.3, -0.25) is 9.59 Å². The van der Waals surface area contributed by atoms with Crippen molar-refractivity contribution in [1.29, 1.82) is 0 Å². The quantitative estimate of drug-likeness (QED) is 0.855. The second-order valence-corrected chi connectivity index (χ2v) is 7.82. The van der Waals surface area contributed by atoms with Crippen molar-refractivity contribution in [2.75, 3.05) is 6.61 Å². The average Bonchev–Trinajstić information content (AvgIpc) is 3.16. The summed E-state index contributed by atoms with van der Waals surface area (Å²) in [5, 5.41) is 2.92. The van der Waals surface area contributed by atoms with E-state index in [2.05, 4.69) is 5.32 Å². The highest BCUT2D eigenvalue weighted by molar-refractivity contribution is 5.89. The number of hydrogen-bond acceptors (Lipinski definition) is 5. The number of nitrogens with one attached hydrogen (secondary N) is 1. The fourth-order valence-electron chi connectivity index (χ4n) is 2.92. The highest BCUT2D eigenvalue weighted by Gasteiger charge is 2.36. The summed E-state index contributed by atoms with van der Waals surface area (Å²) in [7, 11) is 0. The van der Waals surface area contributed by atoms with Crippen LogP contribution in [0.5, 0.6) is 11.5 Å². The number of ether oxygens (including phenoxy) is 2. The van der Waals surface area contributed by atoms with Gasteiger partial charge in [-0.25, -0.2) is 0 Å². The van der Waals surface area contributed by atoms with Gasteiger partial charge in [-0.05, 0) is 52.0 Å². The first-order chi connectivity index (χ1) is 13.2. The minimum absolute atomic E-state index is 0.0815. The Hall–Kier alpha value is -2.96. The van der Waals surface area contributed by atoms with Crippen molar-refractivity contribution >= 4 is 11.8 Å². The Morgan fingerprint density at radius 2 is 1.89 bits per heavy atom. The molecule has 0 saturated carbocycles. The van der Waals surface area contributed by atoms with E-state index in [1.54, 1.807) is 31.2 Å². The van der Waals surface area contributed by atoms with Gasteiger partial charge in [0.25, 0.3) is 5.91 Å². The Morgan fingerprint density at radius 3 is 2.54 bits per heavy atom. The van der Waals surface area contributed by atoms with Crippen LogP contribution >= 0.6 is 0 Å². The zero-order chi connectivity index (χ0) is 20.3. The molecule has 7 nitrogen and oxygen atoms in total. The van der Waals surface area contributed by atoms with Crippen LogP contribution in [0.2, 0.25) is 0 Å². The summed E-state index contributed by atoms with van der Waals surface area (Å²) in [4.78, 5) is 27.4. The molecule has 28 heavy (non-hydrogen) atoms. The predicted octanol–water partition coefficient (Wildman–Crippen LogP) is 2.75. The van der Waals surface area contributed by atoms with Crippen molar-refractivity contribution in [2.45, 2.75) is 51.9 Å². The zero-order valence-electron chi connectivity index (χ0n) is 16.6. The fourth-order valence-corrected chi connectivity index (χ4v) is 2.92. The lowest BCUT2D eigenvalue weighted by Gasteiger charge is -2.34. The summed E-state index contributed by atoms with van der Waals surface area (Å²) >= 11 is 0. The Morgan fingerprint density at radius 1 is 1.18 bits per heavy atom. The third kappa shape index (κ3) is 4.65. The number of benzene rings is 1. The van der Waals surface area contributed by atoms with Crippen molar-refractivity contribution in [2.24, 2.45) is 0 Å². The molecule has 0 bridgehead atoms. The van der Waals surface area contributed by atoms with Crippen molar-refractivity contribution in [1.82, 2.24) is 10.2 Å². The van der Waals surface area contributed by atoms with Gasteiger partial charge in [-0.1, -0.05) is 12.1 Å². The Bertz CT molecular complexity index is 826.